The van der Waals surface area contributed by atoms with Gasteiger partial charge in [0, 0.05) is 23.4 Å². The van der Waals surface area contributed by atoms with Gasteiger partial charge in [-0.2, -0.15) is 0 Å². The van der Waals surface area contributed by atoms with E-state index in [2.05, 4.69) is 0 Å². The maximum atomic E-state index is 14.3. The minimum Gasteiger partial charge on any atom is -0.485 e. The highest BCUT2D eigenvalue weighted by Crippen LogP contribution is 2.34. The van der Waals surface area contributed by atoms with E-state index < -0.39 is 23.5 Å². The van der Waals surface area contributed by atoms with E-state index in [0.29, 0.717) is 12.2 Å². The van der Waals surface area contributed by atoms with Crippen molar-refractivity contribution >= 4 is 35.0 Å². The van der Waals surface area contributed by atoms with Gasteiger partial charge in [-0.15, -0.1) is 11.8 Å². The zero-order valence-electron chi connectivity index (χ0n) is 18.6. The molecule has 2 aliphatic rings. The number of ketones is 1. The molecule has 4 rings (SSSR count). The Kier molecular flexibility index (Phi) is 7.47. The van der Waals surface area contributed by atoms with Crippen LogP contribution in [0.4, 0.5) is 14.5 Å². The van der Waals surface area contributed by atoms with Gasteiger partial charge >= 0.3 is 0 Å². The van der Waals surface area contributed by atoms with Crippen LogP contribution in [0, 0.1) is 11.6 Å². The first-order valence-electron chi connectivity index (χ1n) is 10.9. The Labute approximate surface area is 200 Å². The molecule has 1 unspecified atom stereocenters. The van der Waals surface area contributed by atoms with Crippen molar-refractivity contribution in [2.75, 3.05) is 43.5 Å². The largest absolute Gasteiger partial charge is 0.485 e. The van der Waals surface area contributed by atoms with Crippen molar-refractivity contribution in [1.82, 2.24) is 4.90 Å². The predicted octanol–water partition coefficient (Wildman–Crippen LogP) is 3.30. The molecule has 0 radical (unpaired) electrons. The second-order valence-electron chi connectivity index (χ2n) is 7.93. The number of hydrogen-bond donors (Lipinski definition) is 0. The molecule has 0 N–H and O–H groups in total. The van der Waals surface area contributed by atoms with Crippen LogP contribution < -0.4 is 9.64 Å². The van der Waals surface area contributed by atoms with Crippen LogP contribution in [0.1, 0.15) is 23.7 Å². The van der Waals surface area contributed by atoms with Gasteiger partial charge in [0.15, 0.2) is 23.2 Å². The number of anilines is 1. The molecule has 1 saturated heterocycles. The molecule has 0 saturated carbocycles. The van der Waals surface area contributed by atoms with Crippen molar-refractivity contribution in [3.63, 3.8) is 0 Å². The van der Waals surface area contributed by atoms with Gasteiger partial charge in [0.25, 0.3) is 0 Å². The Morgan fingerprint density at radius 1 is 1.21 bits per heavy atom. The van der Waals surface area contributed by atoms with E-state index in [4.69, 9.17) is 9.47 Å². The van der Waals surface area contributed by atoms with Crippen molar-refractivity contribution in [3.8, 4) is 5.75 Å². The standard InChI is InChI=1S/C24H24F2N2O5S/c1-2-20(29)15-9-17(25)24(18(26)10-15)33-13-16-11-27(7-8-32-16)22(30)12-28-19-5-3-4-6-21(19)34-14-23(28)31/h3-6,9-10,16H,2,7-8,11-14H2,1H3. The highest BCUT2D eigenvalue weighted by Gasteiger charge is 2.31. The first-order chi connectivity index (χ1) is 16.4. The normalized spacial score (nSPS) is 18.0. The summed E-state index contributed by atoms with van der Waals surface area (Å²) in [6.07, 6.45) is -0.472. The lowest BCUT2D eigenvalue weighted by molar-refractivity contribution is -0.139. The molecule has 2 amide bonds. The van der Waals surface area contributed by atoms with E-state index >= 15 is 0 Å². The Hall–Kier alpha value is -2.98. The van der Waals surface area contributed by atoms with Crippen molar-refractivity contribution in [2.45, 2.75) is 24.3 Å². The van der Waals surface area contributed by atoms with E-state index in [9.17, 15) is 23.2 Å². The molecule has 0 aliphatic carbocycles. The summed E-state index contributed by atoms with van der Waals surface area (Å²) in [6, 6.07) is 9.33. The summed E-state index contributed by atoms with van der Waals surface area (Å²) < 4.78 is 39.6. The summed E-state index contributed by atoms with van der Waals surface area (Å²) in [7, 11) is 0. The zero-order chi connectivity index (χ0) is 24.2. The van der Waals surface area contributed by atoms with Crippen LogP contribution in [0.5, 0.6) is 5.75 Å². The van der Waals surface area contributed by atoms with E-state index in [-0.39, 0.29) is 61.6 Å². The monoisotopic (exact) mass is 490 g/mol. The number of ether oxygens (including phenoxy) is 2. The first-order valence-corrected chi connectivity index (χ1v) is 11.9. The van der Waals surface area contributed by atoms with E-state index in [0.717, 1.165) is 17.0 Å². The summed E-state index contributed by atoms with van der Waals surface area (Å²) >= 11 is 1.44. The number of Topliss-reactive ketones (excluding diaryl/α,β-unsaturated/α-hetero) is 1. The maximum Gasteiger partial charge on any atom is 0.242 e. The molecular weight excluding hydrogens is 466 g/mol. The van der Waals surface area contributed by atoms with Gasteiger partial charge in [0.1, 0.15) is 19.3 Å². The van der Waals surface area contributed by atoms with Crippen LogP contribution in [-0.2, 0) is 14.3 Å². The molecule has 1 fully saturated rings. The average molecular weight is 491 g/mol. The van der Waals surface area contributed by atoms with Gasteiger partial charge < -0.3 is 19.3 Å². The molecule has 10 heteroatoms. The molecule has 2 aliphatic heterocycles. The number of amides is 2. The van der Waals surface area contributed by atoms with Crippen LogP contribution >= 0.6 is 11.8 Å². The van der Waals surface area contributed by atoms with Crippen LogP contribution in [-0.4, -0.2) is 67.2 Å². The number of halogens is 2. The summed E-state index contributed by atoms with van der Waals surface area (Å²) in [5.74, 6) is -3.02. The second kappa shape index (κ2) is 10.5. The van der Waals surface area contributed by atoms with Crippen molar-refractivity contribution < 1.29 is 32.6 Å². The number of fused-ring (bicyclic) bond motifs is 1. The third kappa shape index (κ3) is 5.23. The van der Waals surface area contributed by atoms with Crippen molar-refractivity contribution in [1.29, 1.82) is 0 Å². The van der Waals surface area contributed by atoms with Gasteiger partial charge in [-0.25, -0.2) is 8.78 Å². The Morgan fingerprint density at radius 3 is 2.68 bits per heavy atom. The van der Waals surface area contributed by atoms with Gasteiger partial charge in [-0.3, -0.25) is 14.4 Å². The molecule has 7 nitrogen and oxygen atoms in total. The number of carbonyl (C=O) groups is 3. The van der Waals surface area contributed by atoms with Gasteiger partial charge in [0.2, 0.25) is 11.8 Å². The number of rotatable bonds is 7. The Bertz CT molecular complexity index is 1090. The highest BCUT2D eigenvalue weighted by molar-refractivity contribution is 8.00. The van der Waals surface area contributed by atoms with Crippen LogP contribution in [0.3, 0.4) is 0 Å². The van der Waals surface area contributed by atoms with Gasteiger partial charge in [-0.05, 0) is 24.3 Å². The molecule has 34 heavy (non-hydrogen) atoms. The molecule has 2 aromatic carbocycles. The lowest BCUT2D eigenvalue weighted by atomic mass is 10.1. The summed E-state index contributed by atoms with van der Waals surface area (Å²) in [4.78, 5) is 41.1. The fourth-order valence-electron chi connectivity index (χ4n) is 3.85. The topological polar surface area (TPSA) is 76.2 Å². The number of thioether (sulfide) groups is 1. The van der Waals surface area contributed by atoms with Crippen LogP contribution in [0.15, 0.2) is 41.3 Å². The summed E-state index contributed by atoms with van der Waals surface area (Å²) in [5.41, 5.74) is 0.656. The SMILES string of the molecule is CCC(=O)c1cc(F)c(OCC2CN(C(=O)CN3C(=O)CSc4ccccc43)CCO2)c(F)c1. The predicted molar refractivity (Wildman–Crippen MR) is 122 cm³/mol. The number of carbonyl (C=O) groups excluding carboxylic acids is 3. The average Bonchev–Trinajstić information content (AvgIpc) is 2.84. The molecule has 2 aromatic rings. The third-order valence-electron chi connectivity index (χ3n) is 5.65. The lowest BCUT2D eigenvalue weighted by Crippen LogP contribution is -2.51. The second-order valence-corrected chi connectivity index (χ2v) is 8.94. The molecule has 0 bridgehead atoms. The number of nitrogens with zero attached hydrogens (tertiary/aromatic N) is 2. The number of hydrogen-bond acceptors (Lipinski definition) is 6. The molecule has 180 valence electrons. The fraction of sp³-hybridized carbons (Fsp3) is 0.375. The zero-order valence-corrected chi connectivity index (χ0v) is 19.4. The number of morpholine rings is 1. The van der Waals surface area contributed by atoms with E-state index in [1.165, 1.54) is 16.7 Å². The maximum absolute atomic E-state index is 14.3. The van der Waals surface area contributed by atoms with Crippen LogP contribution in [0.2, 0.25) is 0 Å². The third-order valence-corrected chi connectivity index (χ3v) is 6.70. The molecule has 0 aromatic heterocycles. The Morgan fingerprint density at radius 2 is 1.94 bits per heavy atom. The molecule has 1 atom stereocenters. The molecule has 2 heterocycles. The Balaban J connectivity index is 1.37. The molecular formula is C24H24F2N2O5S. The van der Waals surface area contributed by atoms with Crippen LogP contribution in [0.25, 0.3) is 0 Å². The smallest absolute Gasteiger partial charge is 0.242 e. The van der Waals surface area contributed by atoms with E-state index in [1.54, 1.807) is 11.8 Å². The highest BCUT2D eigenvalue weighted by atomic mass is 32.2. The minimum atomic E-state index is -0.972. The molecule has 0 spiro atoms. The van der Waals surface area contributed by atoms with Crippen molar-refractivity contribution in [3.05, 3.63) is 53.6 Å². The summed E-state index contributed by atoms with van der Waals surface area (Å²) in [5, 5.41) is 0. The van der Waals surface area contributed by atoms with Gasteiger partial charge in [0.05, 0.1) is 24.6 Å². The minimum absolute atomic E-state index is 0.0530. The summed E-state index contributed by atoms with van der Waals surface area (Å²) in [6.45, 7) is 2.06. The first kappa shape index (κ1) is 24.2. The number of benzene rings is 2. The fourth-order valence-corrected chi connectivity index (χ4v) is 4.78. The van der Waals surface area contributed by atoms with Gasteiger partial charge in [-0.1, -0.05) is 19.1 Å². The lowest BCUT2D eigenvalue weighted by Gasteiger charge is -2.35. The van der Waals surface area contributed by atoms with E-state index in [1.807, 2.05) is 24.3 Å². The van der Waals surface area contributed by atoms with Crippen molar-refractivity contribution in [2.24, 2.45) is 0 Å². The number of para-hydroxylation sites is 1. The quantitative estimate of drug-likeness (QED) is 0.555.